The van der Waals surface area contributed by atoms with Gasteiger partial charge in [0.25, 0.3) is 0 Å². The van der Waals surface area contributed by atoms with Crippen LogP contribution in [0.25, 0.3) is 0 Å². The van der Waals surface area contributed by atoms with Gasteiger partial charge in [0.05, 0.1) is 20.8 Å². The van der Waals surface area contributed by atoms with Crippen molar-refractivity contribution in [2.45, 2.75) is 26.3 Å². The number of benzene rings is 1. The molecule has 0 saturated carbocycles. The molecule has 1 amide bonds. The van der Waals surface area contributed by atoms with Crippen LogP contribution in [0.15, 0.2) is 18.2 Å². The molecular formula is C15H24N2O3. The van der Waals surface area contributed by atoms with E-state index in [0.29, 0.717) is 24.6 Å². The Labute approximate surface area is 120 Å². The van der Waals surface area contributed by atoms with E-state index in [1.807, 2.05) is 32.0 Å². The lowest BCUT2D eigenvalue weighted by molar-refractivity contribution is -0.120. The maximum Gasteiger partial charge on any atom is 0.233 e. The summed E-state index contributed by atoms with van der Waals surface area (Å²) in [4.78, 5) is 11.5. The van der Waals surface area contributed by atoms with E-state index >= 15 is 0 Å². The van der Waals surface area contributed by atoms with Gasteiger partial charge in [0.1, 0.15) is 0 Å². The summed E-state index contributed by atoms with van der Waals surface area (Å²) in [5.41, 5.74) is 1.05. The smallest absolute Gasteiger partial charge is 0.233 e. The van der Waals surface area contributed by atoms with Crippen LogP contribution in [0.1, 0.15) is 31.9 Å². The first-order chi connectivity index (χ1) is 9.62. The average Bonchev–Trinajstić information content (AvgIpc) is 2.49. The molecule has 0 bridgehead atoms. The van der Waals surface area contributed by atoms with Gasteiger partial charge in [-0.1, -0.05) is 13.0 Å². The number of hydrogen-bond acceptors (Lipinski definition) is 4. The van der Waals surface area contributed by atoms with Crippen molar-refractivity contribution in [2.75, 3.05) is 27.3 Å². The van der Waals surface area contributed by atoms with E-state index in [0.717, 1.165) is 12.0 Å². The van der Waals surface area contributed by atoms with Crippen molar-refractivity contribution in [3.8, 4) is 11.5 Å². The van der Waals surface area contributed by atoms with Crippen LogP contribution < -0.4 is 20.1 Å². The van der Waals surface area contributed by atoms with Crippen LogP contribution in [-0.2, 0) is 4.79 Å². The Morgan fingerprint density at radius 1 is 1.25 bits per heavy atom. The Morgan fingerprint density at radius 2 is 1.95 bits per heavy atom. The molecule has 2 N–H and O–H groups in total. The minimum Gasteiger partial charge on any atom is -0.493 e. The molecule has 112 valence electrons. The second-order valence-electron chi connectivity index (χ2n) is 4.57. The van der Waals surface area contributed by atoms with E-state index in [9.17, 15) is 4.79 Å². The fraction of sp³-hybridized carbons (Fsp3) is 0.533. The summed E-state index contributed by atoms with van der Waals surface area (Å²) in [5.74, 6) is 1.40. The minimum absolute atomic E-state index is 0.0131. The van der Waals surface area contributed by atoms with E-state index < -0.39 is 0 Å². The molecule has 0 spiro atoms. The van der Waals surface area contributed by atoms with Gasteiger partial charge in [0.2, 0.25) is 5.91 Å². The lowest BCUT2D eigenvalue weighted by Crippen LogP contribution is -2.35. The maximum atomic E-state index is 11.5. The number of carbonyl (C=O) groups excluding carboxylic acids is 1. The van der Waals surface area contributed by atoms with Crippen LogP contribution in [0, 0.1) is 0 Å². The Kier molecular flexibility index (Phi) is 6.87. The molecule has 1 unspecified atom stereocenters. The van der Waals surface area contributed by atoms with Crippen molar-refractivity contribution in [3.05, 3.63) is 23.8 Å². The summed E-state index contributed by atoms with van der Waals surface area (Å²) in [7, 11) is 3.22. The summed E-state index contributed by atoms with van der Waals surface area (Å²) in [6.45, 7) is 5.05. The lowest BCUT2D eigenvalue weighted by atomic mass is 10.1. The van der Waals surface area contributed by atoms with Crippen LogP contribution in [-0.4, -0.2) is 33.2 Å². The molecule has 20 heavy (non-hydrogen) atoms. The summed E-state index contributed by atoms with van der Waals surface area (Å²) >= 11 is 0. The fourth-order valence-electron chi connectivity index (χ4n) is 1.81. The zero-order valence-electron chi connectivity index (χ0n) is 12.7. The normalized spacial score (nSPS) is 11.8. The number of rotatable bonds is 8. The summed E-state index contributed by atoms with van der Waals surface area (Å²) < 4.78 is 10.5. The molecule has 0 fully saturated rings. The Balaban J connectivity index is 2.59. The quantitative estimate of drug-likeness (QED) is 0.763. The van der Waals surface area contributed by atoms with Crippen molar-refractivity contribution >= 4 is 5.91 Å². The largest absolute Gasteiger partial charge is 0.493 e. The highest BCUT2D eigenvalue weighted by atomic mass is 16.5. The molecule has 5 heteroatoms. The van der Waals surface area contributed by atoms with Gasteiger partial charge in [0, 0.05) is 12.6 Å². The number of nitrogens with one attached hydrogen (secondary N) is 2. The summed E-state index contributed by atoms with van der Waals surface area (Å²) in [6.07, 6.45) is 0.941. The van der Waals surface area contributed by atoms with Crippen LogP contribution in [0.4, 0.5) is 0 Å². The first kappa shape index (κ1) is 16.3. The first-order valence-corrected chi connectivity index (χ1v) is 6.84. The molecule has 0 aliphatic heterocycles. The van der Waals surface area contributed by atoms with Gasteiger partial charge in [-0.25, -0.2) is 0 Å². The third-order valence-corrected chi connectivity index (χ3v) is 3.05. The van der Waals surface area contributed by atoms with Crippen molar-refractivity contribution in [1.82, 2.24) is 10.6 Å². The highest BCUT2D eigenvalue weighted by molar-refractivity contribution is 5.78. The highest BCUT2D eigenvalue weighted by Gasteiger charge is 2.11. The maximum absolute atomic E-state index is 11.5. The molecular weight excluding hydrogens is 256 g/mol. The summed E-state index contributed by atoms with van der Waals surface area (Å²) in [5, 5.41) is 6.02. The molecule has 1 aromatic carbocycles. The molecule has 1 aromatic rings. The van der Waals surface area contributed by atoms with Gasteiger partial charge in [0.15, 0.2) is 11.5 Å². The van der Waals surface area contributed by atoms with Gasteiger partial charge in [-0.05, 0) is 31.0 Å². The van der Waals surface area contributed by atoms with Crippen LogP contribution in [0.3, 0.4) is 0 Å². The fourth-order valence-corrected chi connectivity index (χ4v) is 1.81. The number of carbonyl (C=O) groups is 1. The molecule has 0 heterocycles. The zero-order chi connectivity index (χ0) is 15.0. The first-order valence-electron chi connectivity index (χ1n) is 6.84. The molecule has 0 aromatic heterocycles. The Bertz CT molecular complexity index is 435. The molecule has 1 atom stereocenters. The second kappa shape index (κ2) is 8.43. The van der Waals surface area contributed by atoms with Crippen LogP contribution in [0.5, 0.6) is 11.5 Å². The Hall–Kier alpha value is -1.75. The molecule has 0 aliphatic carbocycles. The number of ether oxygens (including phenoxy) is 2. The van der Waals surface area contributed by atoms with Crippen molar-refractivity contribution in [2.24, 2.45) is 0 Å². The predicted molar refractivity (Wildman–Crippen MR) is 79.3 cm³/mol. The zero-order valence-corrected chi connectivity index (χ0v) is 12.7. The molecule has 0 aliphatic rings. The van der Waals surface area contributed by atoms with Gasteiger partial charge < -0.3 is 20.1 Å². The van der Waals surface area contributed by atoms with E-state index in [4.69, 9.17) is 9.47 Å². The van der Waals surface area contributed by atoms with Crippen LogP contribution in [0.2, 0.25) is 0 Å². The predicted octanol–water partition coefficient (Wildman–Crippen LogP) is 1.88. The lowest BCUT2D eigenvalue weighted by Gasteiger charge is -2.16. The molecule has 0 saturated heterocycles. The van der Waals surface area contributed by atoms with E-state index in [-0.39, 0.29) is 11.9 Å². The van der Waals surface area contributed by atoms with E-state index in [2.05, 4.69) is 10.6 Å². The highest BCUT2D eigenvalue weighted by Crippen LogP contribution is 2.29. The van der Waals surface area contributed by atoms with Gasteiger partial charge in [-0.2, -0.15) is 0 Å². The van der Waals surface area contributed by atoms with Crippen LogP contribution >= 0.6 is 0 Å². The monoisotopic (exact) mass is 280 g/mol. The summed E-state index contributed by atoms with van der Waals surface area (Å²) in [6, 6.07) is 5.80. The topological polar surface area (TPSA) is 59.6 Å². The second-order valence-corrected chi connectivity index (χ2v) is 4.57. The number of methoxy groups -OCH3 is 2. The van der Waals surface area contributed by atoms with Crippen molar-refractivity contribution in [1.29, 1.82) is 0 Å². The molecule has 0 radical (unpaired) electrons. The Morgan fingerprint density at radius 3 is 2.55 bits per heavy atom. The molecule has 5 nitrogen and oxygen atoms in total. The van der Waals surface area contributed by atoms with Gasteiger partial charge in [-0.15, -0.1) is 0 Å². The van der Waals surface area contributed by atoms with Gasteiger partial charge >= 0.3 is 0 Å². The third kappa shape index (κ3) is 4.74. The minimum atomic E-state index is 0.0131. The molecule has 1 rings (SSSR count). The van der Waals surface area contributed by atoms with Crippen molar-refractivity contribution < 1.29 is 14.3 Å². The van der Waals surface area contributed by atoms with Gasteiger partial charge in [-0.3, -0.25) is 4.79 Å². The van der Waals surface area contributed by atoms with Crippen molar-refractivity contribution in [3.63, 3.8) is 0 Å². The third-order valence-electron chi connectivity index (χ3n) is 3.05. The number of amides is 1. The standard InChI is InChI=1S/C15H24N2O3/c1-5-8-16-15(18)10-17-11(2)12-6-7-13(19-3)14(9-12)20-4/h6-7,9,11,17H,5,8,10H2,1-4H3,(H,16,18). The van der Waals surface area contributed by atoms with E-state index in [1.54, 1.807) is 14.2 Å². The van der Waals surface area contributed by atoms with E-state index in [1.165, 1.54) is 0 Å². The average molecular weight is 280 g/mol. The SMILES string of the molecule is CCCNC(=O)CNC(C)c1ccc(OC)c(OC)c1. The number of hydrogen-bond donors (Lipinski definition) is 2.